The first-order valence-electron chi connectivity index (χ1n) is 6.61. The van der Waals surface area contributed by atoms with Crippen LogP contribution < -0.4 is 0 Å². The Labute approximate surface area is 122 Å². The van der Waals surface area contributed by atoms with Crippen molar-refractivity contribution in [1.82, 2.24) is 10.0 Å². The van der Waals surface area contributed by atoms with Crippen LogP contribution in [0.2, 0.25) is 0 Å². The molecule has 118 valence electrons. The molecule has 0 spiro atoms. The third-order valence-corrected chi connectivity index (χ3v) is 2.46. The average molecular weight is 301 g/mol. The summed E-state index contributed by atoms with van der Waals surface area (Å²) in [6.07, 6.45) is -3.00. The molecule has 1 atom stereocenters. The molecule has 0 bridgehead atoms. The smallest absolute Gasteiger partial charge is 0.435 e. The lowest BCUT2D eigenvalue weighted by molar-refractivity contribution is -0.150. The normalized spacial score (nSPS) is 17.3. The number of hydrogen-bond acceptors (Lipinski definition) is 7. The van der Waals surface area contributed by atoms with Gasteiger partial charge in [-0.15, -0.1) is 0 Å². The minimum atomic E-state index is -1.30. The number of amides is 2. The van der Waals surface area contributed by atoms with Gasteiger partial charge in [-0.05, 0) is 27.7 Å². The molecule has 1 aliphatic heterocycles. The van der Waals surface area contributed by atoms with E-state index in [1.807, 2.05) is 0 Å². The lowest BCUT2D eigenvalue weighted by Crippen LogP contribution is -2.53. The van der Waals surface area contributed by atoms with Crippen LogP contribution in [0.5, 0.6) is 0 Å². The molecule has 21 heavy (non-hydrogen) atoms. The minimum absolute atomic E-state index is 0.0839. The molecule has 2 amide bonds. The quantitative estimate of drug-likeness (QED) is 0.570. The van der Waals surface area contributed by atoms with Crippen molar-refractivity contribution in [2.45, 2.75) is 33.9 Å². The highest BCUT2D eigenvalue weighted by Gasteiger charge is 2.45. The molecule has 1 heterocycles. The largest absolute Gasteiger partial charge is 0.463 e. The Morgan fingerprint density at radius 3 is 2.05 bits per heavy atom. The second-order valence-electron chi connectivity index (χ2n) is 3.86. The van der Waals surface area contributed by atoms with E-state index in [0.717, 1.165) is 10.0 Å². The number of hydrogen-bond donors (Lipinski definition) is 0. The third-order valence-electron chi connectivity index (χ3n) is 2.46. The molecule has 0 saturated heterocycles. The van der Waals surface area contributed by atoms with E-state index in [9.17, 15) is 14.4 Å². The molecule has 0 aromatic heterocycles. The predicted molar refractivity (Wildman–Crippen MR) is 71.3 cm³/mol. The van der Waals surface area contributed by atoms with Gasteiger partial charge in [-0.3, -0.25) is 0 Å². The van der Waals surface area contributed by atoms with Crippen molar-refractivity contribution in [3.63, 3.8) is 0 Å². The van der Waals surface area contributed by atoms with Crippen LogP contribution >= 0.6 is 0 Å². The number of carbonyl (C=O) groups excluding carboxylic acids is 3. The Hall–Kier alpha value is -2.32. The maximum absolute atomic E-state index is 12.0. The standard InChI is InChI=1S/C12H19N3O6/c1-5-19-10(16)9-13-8(4)14(11(17)20-6-2)15(9)12(18)21-7-3/h9H,5-7H2,1-4H3. The average Bonchev–Trinajstić information content (AvgIpc) is 2.77. The van der Waals surface area contributed by atoms with E-state index in [1.165, 1.54) is 6.92 Å². The Morgan fingerprint density at radius 2 is 1.52 bits per heavy atom. The zero-order valence-corrected chi connectivity index (χ0v) is 12.5. The van der Waals surface area contributed by atoms with Crippen molar-refractivity contribution in [3.8, 4) is 0 Å². The monoisotopic (exact) mass is 301 g/mol. The zero-order valence-electron chi connectivity index (χ0n) is 12.5. The van der Waals surface area contributed by atoms with Gasteiger partial charge in [0, 0.05) is 0 Å². The topological polar surface area (TPSA) is 97.7 Å². The van der Waals surface area contributed by atoms with Crippen molar-refractivity contribution < 1.29 is 28.6 Å². The summed E-state index contributed by atoms with van der Waals surface area (Å²) < 4.78 is 14.5. The lowest BCUT2D eigenvalue weighted by Gasteiger charge is -2.28. The summed E-state index contributed by atoms with van der Waals surface area (Å²) in [6, 6.07) is 0. The predicted octanol–water partition coefficient (Wildman–Crippen LogP) is 1.14. The number of amidine groups is 1. The van der Waals surface area contributed by atoms with Gasteiger partial charge < -0.3 is 14.2 Å². The van der Waals surface area contributed by atoms with E-state index in [4.69, 9.17) is 14.2 Å². The first-order valence-corrected chi connectivity index (χ1v) is 6.61. The fourth-order valence-corrected chi connectivity index (χ4v) is 1.70. The van der Waals surface area contributed by atoms with Gasteiger partial charge in [0.15, 0.2) is 0 Å². The van der Waals surface area contributed by atoms with Gasteiger partial charge in [0.25, 0.3) is 0 Å². The number of hydrazine groups is 1. The molecule has 9 nitrogen and oxygen atoms in total. The molecule has 1 aliphatic rings. The molecular weight excluding hydrogens is 282 g/mol. The van der Waals surface area contributed by atoms with Crippen molar-refractivity contribution in [3.05, 3.63) is 0 Å². The number of ether oxygens (including phenoxy) is 3. The minimum Gasteiger partial charge on any atom is -0.463 e. The highest BCUT2D eigenvalue weighted by molar-refractivity contribution is 6.00. The van der Waals surface area contributed by atoms with Crippen molar-refractivity contribution in [1.29, 1.82) is 0 Å². The summed E-state index contributed by atoms with van der Waals surface area (Å²) in [6.45, 7) is 6.65. The zero-order chi connectivity index (χ0) is 16.0. The highest BCUT2D eigenvalue weighted by atomic mass is 16.6. The van der Waals surface area contributed by atoms with E-state index in [1.54, 1.807) is 20.8 Å². The van der Waals surface area contributed by atoms with Crippen LogP contribution in [0.3, 0.4) is 0 Å². The van der Waals surface area contributed by atoms with Gasteiger partial charge in [-0.2, -0.15) is 10.0 Å². The maximum Gasteiger partial charge on any atom is 0.435 e. The van der Waals surface area contributed by atoms with Gasteiger partial charge in [-0.1, -0.05) is 0 Å². The lowest BCUT2D eigenvalue weighted by atomic mass is 10.5. The Balaban J connectivity index is 3.06. The molecule has 0 radical (unpaired) electrons. The first-order chi connectivity index (χ1) is 9.97. The molecule has 0 aromatic rings. The maximum atomic E-state index is 12.0. The van der Waals surface area contributed by atoms with Crippen LogP contribution in [0.4, 0.5) is 9.59 Å². The molecule has 0 saturated carbocycles. The SMILES string of the molecule is CCOC(=O)C1N=C(C)N(C(=O)OCC)N1C(=O)OCC. The van der Waals surface area contributed by atoms with Crippen LogP contribution in [0, 0.1) is 0 Å². The Bertz CT molecular complexity index is 450. The fraction of sp³-hybridized carbons (Fsp3) is 0.667. The summed E-state index contributed by atoms with van der Waals surface area (Å²) in [7, 11) is 0. The van der Waals surface area contributed by atoms with Crippen LogP contribution in [0.15, 0.2) is 4.99 Å². The number of rotatable bonds is 4. The van der Waals surface area contributed by atoms with Gasteiger partial charge in [0.2, 0.25) is 6.17 Å². The Kier molecular flexibility index (Phi) is 5.94. The molecule has 0 aromatic carbocycles. The fourth-order valence-electron chi connectivity index (χ4n) is 1.70. The molecular formula is C12H19N3O6. The van der Waals surface area contributed by atoms with E-state index in [-0.39, 0.29) is 25.7 Å². The first kappa shape index (κ1) is 16.7. The summed E-state index contributed by atoms with van der Waals surface area (Å²) in [4.78, 5) is 39.8. The van der Waals surface area contributed by atoms with Gasteiger partial charge in [-0.25, -0.2) is 19.4 Å². The van der Waals surface area contributed by atoms with E-state index in [0.29, 0.717) is 0 Å². The van der Waals surface area contributed by atoms with Gasteiger partial charge in [0.05, 0.1) is 19.8 Å². The summed E-state index contributed by atoms with van der Waals surface area (Å²) >= 11 is 0. The van der Waals surface area contributed by atoms with Crippen molar-refractivity contribution in [2.24, 2.45) is 4.99 Å². The highest BCUT2D eigenvalue weighted by Crippen LogP contribution is 2.20. The number of carbonyl (C=O) groups is 3. The number of aliphatic imine (C=N–C) groups is 1. The van der Waals surface area contributed by atoms with Crippen molar-refractivity contribution in [2.75, 3.05) is 19.8 Å². The molecule has 9 heteroatoms. The van der Waals surface area contributed by atoms with Crippen LogP contribution in [0.1, 0.15) is 27.7 Å². The summed E-state index contributed by atoms with van der Waals surface area (Å²) in [5.41, 5.74) is 0. The molecule has 0 N–H and O–H groups in total. The van der Waals surface area contributed by atoms with E-state index in [2.05, 4.69) is 4.99 Å². The van der Waals surface area contributed by atoms with E-state index >= 15 is 0 Å². The molecule has 0 fully saturated rings. The van der Waals surface area contributed by atoms with Gasteiger partial charge in [0.1, 0.15) is 5.84 Å². The number of esters is 1. The third kappa shape index (κ3) is 3.61. The number of nitrogens with zero attached hydrogens (tertiary/aromatic N) is 3. The van der Waals surface area contributed by atoms with Gasteiger partial charge >= 0.3 is 18.2 Å². The van der Waals surface area contributed by atoms with E-state index < -0.39 is 24.3 Å². The van der Waals surface area contributed by atoms with Crippen LogP contribution in [-0.4, -0.2) is 60.0 Å². The second kappa shape index (κ2) is 7.46. The molecule has 1 rings (SSSR count). The molecule has 1 unspecified atom stereocenters. The van der Waals surface area contributed by atoms with Crippen LogP contribution in [0.25, 0.3) is 0 Å². The molecule has 0 aliphatic carbocycles. The summed E-state index contributed by atoms with van der Waals surface area (Å²) in [5, 5.41) is 1.65. The second-order valence-corrected chi connectivity index (χ2v) is 3.86. The van der Waals surface area contributed by atoms with Crippen LogP contribution in [-0.2, 0) is 19.0 Å². The van der Waals surface area contributed by atoms with Crippen molar-refractivity contribution >= 4 is 24.0 Å². The summed E-state index contributed by atoms with van der Waals surface area (Å²) in [5.74, 6) is -0.615. The Morgan fingerprint density at radius 1 is 1.00 bits per heavy atom.